The summed E-state index contributed by atoms with van der Waals surface area (Å²) >= 11 is 5.73. The van der Waals surface area contributed by atoms with E-state index in [1.54, 1.807) is 0 Å². The normalized spacial score (nSPS) is 19.1. The second-order valence-electron chi connectivity index (χ2n) is 4.94. The lowest BCUT2D eigenvalue weighted by atomic mass is 9.96. The first-order chi connectivity index (χ1) is 9.43. The molecule has 0 amide bonds. The molecule has 1 fully saturated rings. The Bertz CT molecular complexity index is 456. The minimum absolute atomic E-state index is 0.122. The molecule has 0 aromatic heterocycles. The number of benzene rings is 1. The number of nitrogens with zero attached hydrogens (tertiary/aromatic N) is 1. The van der Waals surface area contributed by atoms with Crippen LogP contribution >= 0.6 is 11.6 Å². The second kappa shape index (κ2) is 6.33. The quantitative estimate of drug-likeness (QED) is 0.915. The molecule has 2 nitrogen and oxygen atoms in total. The number of hydrogen-bond donors (Lipinski definition) is 1. The first-order valence-corrected chi connectivity index (χ1v) is 7.12. The van der Waals surface area contributed by atoms with Gasteiger partial charge in [0, 0.05) is 37.2 Å². The third-order valence-corrected chi connectivity index (χ3v) is 3.89. The summed E-state index contributed by atoms with van der Waals surface area (Å²) < 4.78 is 39.6. The van der Waals surface area contributed by atoms with Crippen molar-refractivity contribution < 1.29 is 13.2 Å². The zero-order chi connectivity index (χ0) is 14.8. The Morgan fingerprint density at radius 2 is 1.95 bits per heavy atom. The van der Waals surface area contributed by atoms with Crippen LogP contribution in [0, 0.1) is 0 Å². The molecule has 6 heteroatoms. The van der Waals surface area contributed by atoms with Gasteiger partial charge in [-0.2, -0.15) is 13.2 Å². The van der Waals surface area contributed by atoms with Crippen molar-refractivity contribution in [2.45, 2.75) is 25.6 Å². The molecule has 1 saturated heterocycles. The molecule has 1 atom stereocenters. The van der Waals surface area contributed by atoms with Crippen LogP contribution in [-0.2, 0) is 6.18 Å². The van der Waals surface area contributed by atoms with Crippen LogP contribution in [0.3, 0.4) is 0 Å². The Labute approximate surface area is 121 Å². The van der Waals surface area contributed by atoms with Crippen LogP contribution in [0.1, 0.15) is 30.5 Å². The zero-order valence-electron chi connectivity index (χ0n) is 11.3. The molecule has 1 aliphatic rings. The van der Waals surface area contributed by atoms with E-state index in [0.29, 0.717) is 12.0 Å². The molecule has 2 rings (SSSR count). The summed E-state index contributed by atoms with van der Waals surface area (Å²) in [5.74, 6) is 0. The summed E-state index contributed by atoms with van der Waals surface area (Å²) in [5.41, 5.74) is -0.290. The molecule has 0 radical (unpaired) electrons. The highest BCUT2D eigenvalue weighted by molar-refractivity contribution is 6.30. The van der Waals surface area contributed by atoms with Crippen molar-refractivity contribution in [1.82, 2.24) is 10.2 Å². The van der Waals surface area contributed by atoms with Crippen LogP contribution in [0.4, 0.5) is 13.2 Å². The van der Waals surface area contributed by atoms with Crippen LogP contribution in [0.15, 0.2) is 18.2 Å². The predicted molar refractivity (Wildman–Crippen MR) is 73.9 cm³/mol. The van der Waals surface area contributed by atoms with Gasteiger partial charge in [0.1, 0.15) is 0 Å². The maximum atomic E-state index is 13.2. The van der Waals surface area contributed by atoms with E-state index in [0.717, 1.165) is 32.2 Å². The van der Waals surface area contributed by atoms with Gasteiger partial charge >= 0.3 is 6.18 Å². The van der Waals surface area contributed by atoms with Gasteiger partial charge in [-0.25, -0.2) is 0 Å². The molecule has 0 unspecified atom stereocenters. The van der Waals surface area contributed by atoms with E-state index in [-0.39, 0.29) is 11.1 Å². The van der Waals surface area contributed by atoms with Gasteiger partial charge in [0.05, 0.1) is 5.56 Å². The lowest BCUT2D eigenvalue weighted by molar-refractivity contribution is -0.138. The molecule has 1 aromatic carbocycles. The van der Waals surface area contributed by atoms with Crippen molar-refractivity contribution in [2.75, 3.05) is 26.2 Å². The van der Waals surface area contributed by atoms with E-state index in [2.05, 4.69) is 10.2 Å². The van der Waals surface area contributed by atoms with Gasteiger partial charge in [0.2, 0.25) is 0 Å². The standard InChI is InChI=1S/C14H18ClF3N2/c1-2-13(20-7-5-19-6-8-20)11-4-3-10(15)9-12(11)14(16,17)18/h3-4,9,13,19H,2,5-8H2,1H3/t13-/m0/s1. The third kappa shape index (κ3) is 3.45. The van der Waals surface area contributed by atoms with E-state index in [9.17, 15) is 13.2 Å². The van der Waals surface area contributed by atoms with Crippen molar-refractivity contribution in [3.8, 4) is 0 Å². The number of rotatable bonds is 3. The minimum atomic E-state index is -4.37. The fourth-order valence-electron chi connectivity index (χ4n) is 2.73. The van der Waals surface area contributed by atoms with Crippen molar-refractivity contribution in [3.05, 3.63) is 34.3 Å². The number of piperazine rings is 1. The van der Waals surface area contributed by atoms with Gasteiger partial charge in [-0.3, -0.25) is 4.90 Å². The summed E-state index contributed by atoms with van der Waals surface area (Å²) in [6.07, 6.45) is -3.73. The van der Waals surface area contributed by atoms with Gasteiger partial charge in [-0.05, 0) is 24.1 Å². The molecule has 0 spiro atoms. The highest BCUT2D eigenvalue weighted by Gasteiger charge is 2.36. The average Bonchev–Trinajstić information content (AvgIpc) is 2.41. The number of hydrogen-bond acceptors (Lipinski definition) is 2. The minimum Gasteiger partial charge on any atom is -0.314 e. The third-order valence-electron chi connectivity index (χ3n) is 3.66. The second-order valence-corrected chi connectivity index (χ2v) is 5.38. The molecule has 1 aliphatic heterocycles. The largest absolute Gasteiger partial charge is 0.416 e. The predicted octanol–water partition coefficient (Wildman–Crippen LogP) is 3.72. The fraction of sp³-hybridized carbons (Fsp3) is 0.571. The van der Waals surface area contributed by atoms with E-state index in [1.807, 2.05) is 6.92 Å². The maximum Gasteiger partial charge on any atom is 0.416 e. The van der Waals surface area contributed by atoms with E-state index < -0.39 is 11.7 Å². The number of alkyl halides is 3. The van der Waals surface area contributed by atoms with E-state index >= 15 is 0 Å². The molecular formula is C14H18ClF3N2. The van der Waals surface area contributed by atoms with Gasteiger partial charge in [-0.1, -0.05) is 24.6 Å². The lowest BCUT2D eigenvalue weighted by Crippen LogP contribution is -2.45. The summed E-state index contributed by atoms with van der Waals surface area (Å²) in [6.45, 7) is 5.06. The van der Waals surface area contributed by atoms with Crippen molar-refractivity contribution in [2.24, 2.45) is 0 Å². The van der Waals surface area contributed by atoms with Gasteiger partial charge in [0.25, 0.3) is 0 Å². The molecule has 1 aromatic rings. The molecule has 0 bridgehead atoms. The highest BCUT2D eigenvalue weighted by atomic mass is 35.5. The summed E-state index contributed by atoms with van der Waals surface area (Å²) in [7, 11) is 0. The summed E-state index contributed by atoms with van der Waals surface area (Å²) in [6, 6.07) is 3.87. The number of nitrogens with one attached hydrogen (secondary N) is 1. The monoisotopic (exact) mass is 306 g/mol. The molecule has 112 valence electrons. The average molecular weight is 307 g/mol. The Balaban J connectivity index is 2.38. The lowest BCUT2D eigenvalue weighted by Gasteiger charge is -2.35. The summed E-state index contributed by atoms with van der Waals surface area (Å²) in [5, 5.41) is 3.34. The highest BCUT2D eigenvalue weighted by Crippen LogP contribution is 2.38. The SMILES string of the molecule is CC[C@@H](c1ccc(Cl)cc1C(F)(F)F)N1CCNCC1. The zero-order valence-corrected chi connectivity index (χ0v) is 12.1. The Morgan fingerprint density at radius 1 is 1.30 bits per heavy atom. The molecule has 0 saturated carbocycles. The van der Waals surface area contributed by atoms with Gasteiger partial charge < -0.3 is 5.32 Å². The van der Waals surface area contributed by atoms with E-state index in [1.165, 1.54) is 12.1 Å². The van der Waals surface area contributed by atoms with Crippen LogP contribution in [0.25, 0.3) is 0 Å². The first-order valence-electron chi connectivity index (χ1n) is 6.75. The van der Waals surface area contributed by atoms with Crippen molar-refractivity contribution in [3.63, 3.8) is 0 Å². The van der Waals surface area contributed by atoms with Crippen LogP contribution in [0.5, 0.6) is 0 Å². The van der Waals surface area contributed by atoms with Crippen LogP contribution in [0.2, 0.25) is 5.02 Å². The van der Waals surface area contributed by atoms with Crippen LogP contribution < -0.4 is 5.32 Å². The summed E-state index contributed by atoms with van der Waals surface area (Å²) in [4.78, 5) is 2.11. The van der Waals surface area contributed by atoms with Crippen molar-refractivity contribution in [1.29, 1.82) is 0 Å². The molecule has 0 aliphatic carbocycles. The van der Waals surface area contributed by atoms with Crippen LogP contribution in [-0.4, -0.2) is 31.1 Å². The maximum absolute atomic E-state index is 13.2. The van der Waals surface area contributed by atoms with Crippen molar-refractivity contribution >= 4 is 11.6 Å². The molecule has 1 N–H and O–H groups in total. The smallest absolute Gasteiger partial charge is 0.314 e. The van der Waals surface area contributed by atoms with Gasteiger partial charge in [-0.15, -0.1) is 0 Å². The Morgan fingerprint density at radius 3 is 2.50 bits per heavy atom. The van der Waals surface area contributed by atoms with Gasteiger partial charge in [0.15, 0.2) is 0 Å². The Kier molecular flexibility index (Phi) is 4.94. The topological polar surface area (TPSA) is 15.3 Å². The Hall–Kier alpha value is -0.780. The number of halogens is 4. The first kappa shape index (κ1) is 15.6. The van der Waals surface area contributed by atoms with E-state index in [4.69, 9.17) is 11.6 Å². The fourth-order valence-corrected chi connectivity index (χ4v) is 2.91. The molecular weight excluding hydrogens is 289 g/mol. The molecule has 20 heavy (non-hydrogen) atoms. The molecule has 1 heterocycles.